The summed E-state index contributed by atoms with van der Waals surface area (Å²) < 4.78 is 23.4. The van der Waals surface area contributed by atoms with Gasteiger partial charge in [-0.05, 0) is 107 Å². The van der Waals surface area contributed by atoms with Gasteiger partial charge in [0.15, 0.2) is 0 Å². The van der Waals surface area contributed by atoms with Crippen LogP contribution in [-0.2, 0) is 71.6 Å². The second-order valence-electron chi connectivity index (χ2n) is 25.0. The number of carbonyl (C=O) groups excluding carboxylic acids is 10. The Kier molecular flexibility index (Phi) is 27.3. The highest BCUT2D eigenvalue weighted by atomic mass is 16.6. The maximum Gasteiger partial charge on any atom is 0.410 e. The number of nitrogens with zero attached hydrogens (tertiary/aromatic N) is 3. The lowest BCUT2D eigenvalue weighted by molar-refractivity contribution is -0.148. The fourth-order valence-electron chi connectivity index (χ4n) is 9.84. The Morgan fingerprint density at radius 1 is 0.713 bits per heavy atom. The van der Waals surface area contributed by atoms with Crippen molar-refractivity contribution in [1.29, 1.82) is 0 Å². The van der Waals surface area contributed by atoms with Gasteiger partial charge in [-0.25, -0.2) is 19.2 Å². The van der Waals surface area contributed by atoms with E-state index in [-0.39, 0.29) is 63.5 Å². The van der Waals surface area contributed by atoms with Crippen LogP contribution in [0.3, 0.4) is 0 Å². The van der Waals surface area contributed by atoms with Gasteiger partial charge in [-0.2, -0.15) is 0 Å². The molecule has 2 aromatic carbocycles. The van der Waals surface area contributed by atoms with E-state index in [0.29, 0.717) is 11.3 Å². The third-order valence-electron chi connectivity index (χ3n) is 14.5. The molecule has 1 aromatic heterocycles. The second kappa shape index (κ2) is 32.5. The Labute approximate surface area is 512 Å². The first-order chi connectivity index (χ1) is 40.4. The van der Waals surface area contributed by atoms with Crippen molar-refractivity contribution in [3.8, 4) is 0 Å². The van der Waals surface area contributed by atoms with Crippen LogP contribution in [-0.4, -0.2) is 150 Å². The minimum atomic E-state index is -1.30. The SMILES string of the molecule is CCOC(=O)CC[C@@H](NC(=O)/C(C)=C/[C@H](C(C)C)N(C)C(=O)[C@@H](NC(=O)[C@@H](N(C)C(=O)OCc1ccc(NC(=O)[C@H](CCCNC(N)=O)NC(=O)[C@@H](NC(=O)OC(C)(C)C)C(C)C)cc1)C(C)(C)c1cn(C)c2ccccc12)C(C)(C)C)C(=O)OCC. The summed E-state index contributed by atoms with van der Waals surface area (Å²) in [6, 6.07) is 6.77. The van der Waals surface area contributed by atoms with Gasteiger partial charge < -0.3 is 66.0 Å². The Hall–Kier alpha value is -8.18. The molecular weight excluding hydrogens is 1120 g/mol. The molecule has 0 unspecified atom stereocenters. The summed E-state index contributed by atoms with van der Waals surface area (Å²) >= 11 is 0. The number of alkyl carbamates (subject to hydrolysis) is 1. The van der Waals surface area contributed by atoms with Crippen molar-refractivity contribution in [1.82, 2.24) is 41.0 Å². The minimum Gasteiger partial charge on any atom is -0.466 e. The molecule has 0 saturated heterocycles. The molecule has 1 heterocycles. The van der Waals surface area contributed by atoms with Crippen LogP contribution in [0.2, 0.25) is 0 Å². The largest absolute Gasteiger partial charge is 0.466 e. The van der Waals surface area contributed by atoms with E-state index < -0.39 is 118 Å². The number of ether oxygens (including phenoxy) is 4. The van der Waals surface area contributed by atoms with Crippen LogP contribution in [0.4, 0.5) is 20.1 Å². The molecule has 0 bridgehead atoms. The van der Waals surface area contributed by atoms with E-state index in [1.165, 1.54) is 16.8 Å². The number of aryl methyl sites for hydroxylation is 1. The Bertz CT molecular complexity index is 2920. The molecule has 6 atom stereocenters. The monoisotopic (exact) mass is 1220 g/mol. The number of amides is 9. The third kappa shape index (κ3) is 21.9. The first-order valence-corrected chi connectivity index (χ1v) is 29.5. The van der Waals surface area contributed by atoms with Gasteiger partial charge in [0, 0.05) is 67.9 Å². The highest BCUT2D eigenvalue weighted by Crippen LogP contribution is 2.37. The molecule has 3 rings (SSSR count). The molecule has 0 aliphatic carbocycles. The zero-order valence-corrected chi connectivity index (χ0v) is 54.2. The van der Waals surface area contributed by atoms with Crippen LogP contribution < -0.4 is 37.6 Å². The van der Waals surface area contributed by atoms with E-state index in [0.717, 1.165) is 16.5 Å². The van der Waals surface area contributed by atoms with Gasteiger partial charge >= 0.3 is 30.2 Å². The topological polar surface area (TPSA) is 317 Å². The number of benzene rings is 2. The zero-order valence-electron chi connectivity index (χ0n) is 54.2. The molecule has 0 fully saturated rings. The van der Waals surface area contributed by atoms with Gasteiger partial charge in [0.25, 0.3) is 0 Å². The Morgan fingerprint density at radius 3 is 1.90 bits per heavy atom. The number of para-hydroxylation sites is 1. The quantitative estimate of drug-likeness (QED) is 0.0162. The molecule has 0 aliphatic heterocycles. The zero-order chi connectivity index (χ0) is 65.9. The van der Waals surface area contributed by atoms with Crippen LogP contribution in [0.25, 0.3) is 10.9 Å². The van der Waals surface area contributed by atoms with Crippen molar-refractivity contribution in [3.63, 3.8) is 0 Å². The van der Waals surface area contributed by atoms with Crippen molar-refractivity contribution < 1.29 is 66.9 Å². The summed E-state index contributed by atoms with van der Waals surface area (Å²) in [5, 5.41) is 17.1. The molecule has 24 nitrogen and oxygen atoms in total. The number of urea groups is 1. The number of hydrogen-bond acceptors (Lipinski definition) is 14. The van der Waals surface area contributed by atoms with Gasteiger partial charge in [0.2, 0.25) is 29.5 Å². The molecule has 482 valence electrons. The lowest BCUT2D eigenvalue weighted by Crippen LogP contribution is -2.63. The van der Waals surface area contributed by atoms with E-state index in [2.05, 4.69) is 31.9 Å². The van der Waals surface area contributed by atoms with Crippen LogP contribution in [0.15, 0.2) is 66.4 Å². The second-order valence-corrected chi connectivity index (χ2v) is 25.0. The molecule has 24 heteroatoms. The first-order valence-electron chi connectivity index (χ1n) is 29.5. The van der Waals surface area contributed by atoms with Crippen LogP contribution in [0.5, 0.6) is 0 Å². The molecule has 0 spiro atoms. The van der Waals surface area contributed by atoms with Crippen LogP contribution in [0, 0.1) is 17.3 Å². The number of nitrogens with two attached hydrogens (primary N) is 1. The average molecular weight is 1220 g/mol. The minimum absolute atomic E-state index is 0.0498. The van der Waals surface area contributed by atoms with Gasteiger partial charge in [-0.1, -0.05) is 98.7 Å². The van der Waals surface area contributed by atoms with Crippen molar-refractivity contribution in [2.45, 2.75) is 183 Å². The summed E-state index contributed by atoms with van der Waals surface area (Å²) in [5.74, 6) is -4.91. The highest BCUT2D eigenvalue weighted by molar-refractivity contribution is 5.99. The number of esters is 2. The van der Waals surface area contributed by atoms with E-state index in [4.69, 9.17) is 24.7 Å². The van der Waals surface area contributed by atoms with Gasteiger partial charge in [0.05, 0.1) is 19.3 Å². The number of fused-ring (bicyclic) bond motifs is 1. The molecule has 9 amide bonds. The molecule has 0 saturated carbocycles. The maximum absolute atomic E-state index is 15.3. The fourth-order valence-corrected chi connectivity index (χ4v) is 9.84. The maximum atomic E-state index is 15.3. The van der Waals surface area contributed by atoms with Crippen LogP contribution >= 0.6 is 0 Å². The fraction of sp³-hybridized carbons (Fsp3) is 0.587. The number of anilines is 1. The molecular formula is C63H96N10O14. The number of nitrogens with one attached hydrogen (secondary N) is 6. The number of primary amides is 1. The van der Waals surface area contributed by atoms with Gasteiger partial charge in [-0.15, -0.1) is 0 Å². The van der Waals surface area contributed by atoms with E-state index in [9.17, 15) is 43.2 Å². The highest BCUT2D eigenvalue weighted by Gasteiger charge is 2.47. The third-order valence-corrected chi connectivity index (χ3v) is 14.5. The predicted molar refractivity (Wildman–Crippen MR) is 330 cm³/mol. The smallest absolute Gasteiger partial charge is 0.410 e. The predicted octanol–water partition coefficient (Wildman–Crippen LogP) is 6.87. The lowest BCUT2D eigenvalue weighted by atomic mass is 9.76. The number of aromatic nitrogens is 1. The summed E-state index contributed by atoms with van der Waals surface area (Å²) in [5.41, 5.74) is 4.97. The van der Waals surface area contributed by atoms with E-state index in [1.807, 2.05) is 69.8 Å². The number of carbonyl (C=O) groups is 10. The van der Waals surface area contributed by atoms with Crippen molar-refractivity contribution in [3.05, 3.63) is 77.5 Å². The summed E-state index contributed by atoms with van der Waals surface area (Å²) in [4.78, 5) is 138. The molecule has 0 aliphatic rings. The Balaban J connectivity index is 1.95. The lowest BCUT2D eigenvalue weighted by Gasteiger charge is -2.42. The molecule has 0 radical (unpaired) electrons. The molecule has 8 N–H and O–H groups in total. The summed E-state index contributed by atoms with van der Waals surface area (Å²) in [7, 11) is 4.90. The summed E-state index contributed by atoms with van der Waals surface area (Å²) in [6.45, 7) is 26.2. The van der Waals surface area contributed by atoms with Crippen molar-refractivity contribution in [2.75, 3.05) is 39.2 Å². The van der Waals surface area contributed by atoms with E-state index >= 15 is 4.79 Å². The average Bonchev–Trinajstić information content (AvgIpc) is 1.75. The molecule has 3 aromatic rings. The Morgan fingerprint density at radius 2 is 1.33 bits per heavy atom. The van der Waals surface area contributed by atoms with Crippen molar-refractivity contribution >= 4 is 76.3 Å². The number of likely N-dealkylation sites (N-methyl/N-ethyl adjacent to an activating group) is 2. The first kappa shape index (κ1) is 73.1. The van der Waals surface area contributed by atoms with E-state index in [1.54, 1.807) is 114 Å². The number of rotatable bonds is 29. The van der Waals surface area contributed by atoms with Crippen LogP contribution in [0.1, 0.15) is 141 Å². The van der Waals surface area contributed by atoms with Crippen molar-refractivity contribution in [2.24, 2.45) is 30.0 Å². The normalized spacial score (nSPS) is 14.0. The van der Waals surface area contributed by atoms with Gasteiger partial charge in [0.1, 0.15) is 42.4 Å². The van der Waals surface area contributed by atoms with Gasteiger partial charge in [-0.3, -0.25) is 33.7 Å². The summed E-state index contributed by atoms with van der Waals surface area (Å²) in [6.07, 6.45) is 1.98. The molecule has 87 heavy (non-hydrogen) atoms. The number of hydrogen-bond donors (Lipinski definition) is 7. The standard InChI is InChI=1S/C63H96N10O14/c1-19-84-48(74)32-31-45(57(80)85-20-2)68-52(75)39(7)34-47(37(3)4)72(17)56(79)50(61(8,9)10)70-55(78)51(63(14,15)43-35-71(16)46-26-22-21-24-42(43)46)73(18)60(83)86-36-40-27-29-41(30-28-40)66-53(76)44(25-23-33-65-58(64)81)67-54(77)49(38(5)6)69-59(82)87-62(11,12)13/h21-22,24,26-30,34-35,37-38,44-45,47,49-51H,19-20,23,25,31-33,36H2,1-18H3,(H,66,76)(H,67,77)(H,68,75)(H,69,82)(H,70,78)(H3,64,65,81)/b39-34+/t44-,45+,47+,49-,50+,51+/m0/s1.